The molecule has 1 N–H and O–H groups in total. The van der Waals surface area contributed by atoms with E-state index in [1.165, 1.54) is 51.2 Å². The maximum absolute atomic E-state index is 13.4. The van der Waals surface area contributed by atoms with Gasteiger partial charge in [-0.25, -0.2) is 21.6 Å². The van der Waals surface area contributed by atoms with E-state index in [0.717, 1.165) is 35.4 Å². The molecule has 0 saturated heterocycles. The number of hydrogen-bond acceptors (Lipinski definition) is 6. The molecule has 0 amide bonds. The standard InChI is InChI=1S/C21H24N2O4S4/c24-30(25,22-17-5-1-2-6-17)20-9-11-21(12-10-20)31(26,27)23(15-18-7-3-13-28-18)16-19-8-4-14-29-19/h3-4,7-14,17,22H,1-2,5-6,15-16H2. The van der Waals surface area contributed by atoms with Crippen molar-refractivity contribution >= 4 is 42.7 Å². The van der Waals surface area contributed by atoms with Gasteiger partial charge in [-0.05, 0) is 60.0 Å². The number of hydrogen-bond donors (Lipinski definition) is 1. The van der Waals surface area contributed by atoms with Gasteiger partial charge in [0.05, 0.1) is 9.79 Å². The highest BCUT2D eigenvalue weighted by molar-refractivity contribution is 7.89. The Morgan fingerprint density at radius 2 is 1.32 bits per heavy atom. The van der Waals surface area contributed by atoms with Crippen molar-refractivity contribution in [1.29, 1.82) is 0 Å². The summed E-state index contributed by atoms with van der Waals surface area (Å²) in [7, 11) is -7.47. The van der Waals surface area contributed by atoms with Crippen LogP contribution in [0.2, 0.25) is 0 Å². The Labute approximate surface area is 191 Å². The summed E-state index contributed by atoms with van der Waals surface area (Å²) in [6.45, 7) is 0.530. The molecule has 2 aromatic heterocycles. The number of nitrogens with one attached hydrogen (secondary N) is 1. The first-order valence-corrected chi connectivity index (χ1v) is 14.7. The van der Waals surface area contributed by atoms with Crippen molar-refractivity contribution < 1.29 is 16.8 Å². The van der Waals surface area contributed by atoms with Gasteiger partial charge in [0, 0.05) is 28.9 Å². The van der Waals surface area contributed by atoms with Crippen LogP contribution in [0.25, 0.3) is 0 Å². The highest BCUT2D eigenvalue weighted by Gasteiger charge is 2.27. The van der Waals surface area contributed by atoms with Crippen LogP contribution in [-0.2, 0) is 33.1 Å². The van der Waals surface area contributed by atoms with Crippen LogP contribution in [0, 0.1) is 0 Å². The average molecular weight is 497 g/mol. The molecular formula is C21H24N2O4S4. The molecular weight excluding hydrogens is 473 g/mol. The third-order valence-corrected chi connectivity index (χ3v) is 10.3. The van der Waals surface area contributed by atoms with Crippen LogP contribution in [0.1, 0.15) is 35.4 Å². The molecule has 0 atom stereocenters. The smallest absolute Gasteiger partial charge is 0.208 e. The summed E-state index contributed by atoms with van der Waals surface area (Å²) in [5.41, 5.74) is 0. The molecule has 0 radical (unpaired) electrons. The molecule has 3 aromatic rings. The van der Waals surface area contributed by atoms with Gasteiger partial charge in [0.2, 0.25) is 20.0 Å². The third-order valence-electron chi connectivity index (χ3n) is 5.27. The van der Waals surface area contributed by atoms with Crippen molar-refractivity contribution in [2.24, 2.45) is 0 Å². The molecule has 4 rings (SSSR count). The van der Waals surface area contributed by atoms with Gasteiger partial charge in [0.15, 0.2) is 0 Å². The Kier molecular flexibility index (Phi) is 6.95. The SMILES string of the molecule is O=S(=O)(NC1CCCC1)c1ccc(S(=O)(=O)N(Cc2cccs2)Cc2cccs2)cc1. The maximum atomic E-state index is 13.4. The summed E-state index contributed by atoms with van der Waals surface area (Å²) in [5, 5.41) is 3.84. The van der Waals surface area contributed by atoms with E-state index >= 15 is 0 Å². The van der Waals surface area contributed by atoms with Gasteiger partial charge in [-0.3, -0.25) is 0 Å². The summed E-state index contributed by atoms with van der Waals surface area (Å²) in [5.74, 6) is 0. The molecule has 6 nitrogen and oxygen atoms in total. The van der Waals surface area contributed by atoms with Gasteiger partial charge in [-0.2, -0.15) is 4.31 Å². The molecule has 31 heavy (non-hydrogen) atoms. The zero-order valence-corrected chi connectivity index (χ0v) is 20.1. The molecule has 1 saturated carbocycles. The van der Waals surface area contributed by atoms with Crippen molar-refractivity contribution in [3.05, 3.63) is 69.0 Å². The Morgan fingerprint density at radius 3 is 1.81 bits per heavy atom. The fourth-order valence-corrected chi connectivity index (χ4v) is 7.95. The lowest BCUT2D eigenvalue weighted by atomic mass is 10.3. The second-order valence-corrected chi connectivity index (χ2v) is 13.2. The first-order valence-electron chi connectivity index (χ1n) is 10.0. The van der Waals surface area contributed by atoms with Gasteiger partial charge in [-0.1, -0.05) is 25.0 Å². The Bertz CT molecular complexity index is 1140. The Balaban J connectivity index is 1.57. The molecule has 0 unspecified atom stereocenters. The predicted molar refractivity (Wildman–Crippen MR) is 124 cm³/mol. The maximum Gasteiger partial charge on any atom is 0.243 e. The van der Waals surface area contributed by atoms with Crippen LogP contribution in [0.4, 0.5) is 0 Å². The highest BCUT2D eigenvalue weighted by atomic mass is 32.2. The molecule has 166 valence electrons. The molecule has 1 aromatic carbocycles. The van der Waals surface area contributed by atoms with Crippen LogP contribution in [0.15, 0.2) is 69.1 Å². The van der Waals surface area contributed by atoms with Gasteiger partial charge in [0.25, 0.3) is 0 Å². The second kappa shape index (κ2) is 9.51. The summed E-state index contributed by atoms with van der Waals surface area (Å²) in [6, 6.07) is 13.1. The zero-order chi connectivity index (χ0) is 21.9. The van der Waals surface area contributed by atoms with E-state index < -0.39 is 20.0 Å². The van der Waals surface area contributed by atoms with Gasteiger partial charge >= 0.3 is 0 Å². The van der Waals surface area contributed by atoms with Crippen molar-refractivity contribution in [3.63, 3.8) is 0 Å². The number of thiophene rings is 2. The van der Waals surface area contributed by atoms with Crippen LogP contribution >= 0.6 is 22.7 Å². The fourth-order valence-electron chi connectivity index (χ4n) is 3.65. The third kappa shape index (κ3) is 5.44. The van der Waals surface area contributed by atoms with Crippen molar-refractivity contribution in [1.82, 2.24) is 9.03 Å². The van der Waals surface area contributed by atoms with E-state index in [2.05, 4.69) is 4.72 Å². The zero-order valence-electron chi connectivity index (χ0n) is 16.8. The minimum atomic E-state index is -3.81. The van der Waals surface area contributed by atoms with E-state index in [4.69, 9.17) is 0 Å². The summed E-state index contributed by atoms with van der Waals surface area (Å²) in [6.07, 6.45) is 3.72. The van der Waals surface area contributed by atoms with Crippen molar-refractivity contribution in [2.45, 2.75) is 54.6 Å². The van der Waals surface area contributed by atoms with Crippen LogP contribution in [0.5, 0.6) is 0 Å². The lowest BCUT2D eigenvalue weighted by Crippen LogP contribution is -2.32. The van der Waals surface area contributed by atoms with Crippen LogP contribution in [-0.4, -0.2) is 27.2 Å². The van der Waals surface area contributed by atoms with E-state index in [1.54, 1.807) is 0 Å². The lowest BCUT2D eigenvalue weighted by molar-refractivity contribution is 0.407. The van der Waals surface area contributed by atoms with E-state index in [9.17, 15) is 16.8 Å². The lowest BCUT2D eigenvalue weighted by Gasteiger charge is -2.21. The molecule has 2 heterocycles. The minimum absolute atomic E-state index is 0.0412. The van der Waals surface area contributed by atoms with E-state index in [-0.39, 0.29) is 28.9 Å². The minimum Gasteiger partial charge on any atom is -0.208 e. The summed E-state index contributed by atoms with van der Waals surface area (Å²) in [4.78, 5) is 2.06. The topological polar surface area (TPSA) is 83.5 Å². The Morgan fingerprint density at radius 1 is 0.806 bits per heavy atom. The van der Waals surface area contributed by atoms with E-state index in [0.29, 0.717) is 0 Å². The van der Waals surface area contributed by atoms with Gasteiger partial charge < -0.3 is 0 Å². The predicted octanol–water partition coefficient (Wildman–Crippen LogP) is 4.42. The highest BCUT2D eigenvalue weighted by Crippen LogP contribution is 2.26. The fraction of sp³-hybridized carbons (Fsp3) is 0.333. The number of benzene rings is 1. The van der Waals surface area contributed by atoms with Crippen LogP contribution < -0.4 is 4.72 Å². The largest absolute Gasteiger partial charge is 0.243 e. The molecule has 10 heteroatoms. The second-order valence-electron chi connectivity index (χ2n) is 7.51. The number of sulfonamides is 2. The monoisotopic (exact) mass is 496 g/mol. The van der Waals surface area contributed by atoms with Gasteiger partial charge in [-0.15, -0.1) is 22.7 Å². The molecule has 0 aliphatic heterocycles. The number of rotatable bonds is 9. The number of nitrogens with zero attached hydrogens (tertiary/aromatic N) is 1. The van der Waals surface area contributed by atoms with Crippen molar-refractivity contribution in [3.8, 4) is 0 Å². The summed E-state index contributed by atoms with van der Waals surface area (Å²) >= 11 is 3.01. The average Bonchev–Trinajstić information content (AvgIpc) is 3.51. The molecule has 0 bridgehead atoms. The molecule has 0 spiro atoms. The first-order chi connectivity index (χ1) is 14.8. The quantitative estimate of drug-likeness (QED) is 0.475. The van der Waals surface area contributed by atoms with Gasteiger partial charge in [0.1, 0.15) is 0 Å². The molecule has 1 aliphatic rings. The normalized spacial score (nSPS) is 15.6. The first kappa shape index (κ1) is 22.6. The molecule has 1 fully saturated rings. The summed E-state index contributed by atoms with van der Waals surface area (Å²) < 4.78 is 56.2. The van der Waals surface area contributed by atoms with E-state index in [1.807, 2.05) is 35.0 Å². The molecule has 1 aliphatic carbocycles. The van der Waals surface area contributed by atoms with Crippen LogP contribution in [0.3, 0.4) is 0 Å². The Hall–Kier alpha value is -1.56. The van der Waals surface area contributed by atoms with Crippen molar-refractivity contribution in [2.75, 3.05) is 0 Å².